The number of ether oxygens (including phenoxy) is 3. The van der Waals surface area contributed by atoms with Crippen LogP contribution in [0.15, 0.2) is 78.9 Å². The maximum absolute atomic E-state index is 14.2. The molecule has 10 nitrogen and oxygen atoms in total. The van der Waals surface area contributed by atoms with Crippen LogP contribution >= 0.6 is 0 Å². The van der Waals surface area contributed by atoms with Crippen LogP contribution in [-0.4, -0.2) is 95.3 Å². The first-order valence-corrected chi connectivity index (χ1v) is 18.3. The van der Waals surface area contributed by atoms with Crippen molar-refractivity contribution in [2.45, 2.75) is 89.8 Å². The number of morpholine rings is 1. The Kier molecular flexibility index (Phi) is 13.5. The van der Waals surface area contributed by atoms with Crippen molar-refractivity contribution in [1.82, 2.24) is 15.1 Å². The summed E-state index contributed by atoms with van der Waals surface area (Å²) in [5, 5.41) is 25.7. The third-order valence-corrected chi connectivity index (χ3v) is 10.3. The molecule has 276 valence electrons. The Morgan fingerprint density at radius 1 is 0.980 bits per heavy atom. The second-order valence-electron chi connectivity index (χ2n) is 14.6. The second-order valence-corrected chi connectivity index (χ2v) is 14.6. The molecule has 51 heavy (non-hydrogen) atoms. The Balaban J connectivity index is 1.27. The Hall–Kier alpha value is -3.96. The molecule has 0 aromatic heterocycles. The standard InChI is InChI=1S/C41H55N3O7/c1-29(2)41(3,4)51-40(48)42-35(26-30-10-6-5-7-11-30)36(45)18-19-38(47)44(39-34-13-9-8-12-32(34)27-37(39)46)28-31-14-16-33(17-15-31)50-25-22-43-20-23-49-24-21-43/h5-17,29,35-37,39,45-46H,18-28H2,1-4H3,(H,42,48)/t35-,36-,37+,39-/m0/s1. The molecule has 4 atom stereocenters. The van der Waals surface area contributed by atoms with E-state index in [1.165, 1.54) is 0 Å². The molecule has 3 N–H and O–H groups in total. The van der Waals surface area contributed by atoms with Gasteiger partial charge >= 0.3 is 6.09 Å². The number of hydrogen-bond donors (Lipinski definition) is 3. The molecule has 1 aliphatic heterocycles. The zero-order valence-electron chi connectivity index (χ0n) is 30.5. The highest BCUT2D eigenvalue weighted by atomic mass is 16.6. The van der Waals surface area contributed by atoms with Crippen LogP contribution in [0.4, 0.5) is 4.79 Å². The summed E-state index contributed by atoms with van der Waals surface area (Å²) in [6.07, 6.45) is -1.43. The number of alkyl carbamates (subject to hydrolysis) is 1. The number of carbonyl (C=O) groups is 2. The topological polar surface area (TPSA) is 121 Å². The first kappa shape index (κ1) is 38.3. The van der Waals surface area contributed by atoms with E-state index in [-0.39, 0.29) is 31.2 Å². The number of hydrogen-bond acceptors (Lipinski definition) is 8. The van der Waals surface area contributed by atoms with Gasteiger partial charge in [-0.15, -0.1) is 0 Å². The summed E-state index contributed by atoms with van der Waals surface area (Å²) in [5.41, 5.74) is 3.10. The van der Waals surface area contributed by atoms with Crippen LogP contribution in [0.25, 0.3) is 0 Å². The third-order valence-electron chi connectivity index (χ3n) is 10.3. The molecule has 2 amide bonds. The predicted molar refractivity (Wildman–Crippen MR) is 196 cm³/mol. The van der Waals surface area contributed by atoms with E-state index in [1.807, 2.05) is 107 Å². The molecular weight excluding hydrogens is 646 g/mol. The van der Waals surface area contributed by atoms with E-state index in [0.717, 1.165) is 60.9 Å². The lowest BCUT2D eigenvalue weighted by atomic mass is 9.95. The fourth-order valence-electron chi connectivity index (χ4n) is 6.58. The van der Waals surface area contributed by atoms with E-state index in [1.54, 1.807) is 4.90 Å². The number of benzene rings is 3. The fraction of sp³-hybridized carbons (Fsp3) is 0.512. The number of nitrogens with zero attached hydrogens (tertiary/aromatic N) is 2. The molecular formula is C41H55N3O7. The minimum atomic E-state index is -1.03. The van der Waals surface area contributed by atoms with Crippen molar-refractivity contribution in [3.63, 3.8) is 0 Å². The van der Waals surface area contributed by atoms with E-state index >= 15 is 0 Å². The van der Waals surface area contributed by atoms with Crippen LogP contribution in [0.2, 0.25) is 0 Å². The summed E-state index contributed by atoms with van der Waals surface area (Å²) in [7, 11) is 0. The summed E-state index contributed by atoms with van der Waals surface area (Å²) in [6, 6.07) is 24.0. The van der Waals surface area contributed by atoms with Gasteiger partial charge in [-0.1, -0.05) is 80.6 Å². The normalized spacial score (nSPS) is 18.9. The van der Waals surface area contributed by atoms with E-state index in [4.69, 9.17) is 14.2 Å². The highest BCUT2D eigenvalue weighted by Gasteiger charge is 2.38. The van der Waals surface area contributed by atoms with Gasteiger partial charge in [0.05, 0.1) is 37.5 Å². The average molecular weight is 702 g/mol. The molecule has 1 aliphatic carbocycles. The molecule has 1 fully saturated rings. The molecule has 0 spiro atoms. The summed E-state index contributed by atoms with van der Waals surface area (Å²) < 4.78 is 17.2. The lowest BCUT2D eigenvalue weighted by Gasteiger charge is -2.33. The Morgan fingerprint density at radius 3 is 2.37 bits per heavy atom. The van der Waals surface area contributed by atoms with Crippen molar-refractivity contribution in [3.05, 3.63) is 101 Å². The van der Waals surface area contributed by atoms with Crippen molar-refractivity contribution in [2.24, 2.45) is 5.92 Å². The SMILES string of the molecule is CC(C)C(C)(C)OC(=O)N[C@@H](Cc1ccccc1)[C@@H](O)CCC(=O)N(Cc1ccc(OCCN2CCOCC2)cc1)[C@H]1c2ccccc2C[C@H]1O. The highest BCUT2D eigenvalue weighted by molar-refractivity contribution is 5.77. The second kappa shape index (κ2) is 18.0. The maximum atomic E-state index is 14.2. The van der Waals surface area contributed by atoms with Gasteiger partial charge in [0.2, 0.25) is 5.91 Å². The quantitative estimate of drug-likeness (QED) is 0.184. The van der Waals surface area contributed by atoms with Gasteiger partial charge in [-0.3, -0.25) is 9.69 Å². The van der Waals surface area contributed by atoms with Crippen molar-refractivity contribution in [2.75, 3.05) is 39.5 Å². The fourth-order valence-corrected chi connectivity index (χ4v) is 6.58. The summed E-state index contributed by atoms with van der Waals surface area (Å²) in [5.74, 6) is 0.652. The van der Waals surface area contributed by atoms with Crippen LogP contribution in [-0.2, 0) is 33.7 Å². The van der Waals surface area contributed by atoms with Gasteiger partial charge in [0.1, 0.15) is 18.0 Å². The molecule has 1 heterocycles. The molecule has 0 radical (unpaired) electrons. The minimum Gasteiger partial charge on any atom is -0.492 e. The molecule has 2 aliphatic rings. The number of nitrogens with one attached hydrogen (secondary N) is 1. The number of aliphatic hydroxyl groups excluding tert-OH is 2. The number of fused-ring (bicyclic) bond motifs is 1. The van der Waals surface area contributed by atoms with Gasteiger partial charge in [-0.25, -0.2) is 4.79 Å². The molecule has 1 saturated heterocycles. The number of amides is 2. The monoisotopic (exact) mass is 701 g/mol. The summed E-state index contributed by atoms with van der Waals surface area (Å²) in [4.78, 5) is 31.3. The zero-order chi connectivity index (χ0) is 36.4. The van der Waals surface area contributed by atoms with Gasteiger partial charge in [-0.2, -0.15) is 0 Å². The lowest BCUT2D eigenvalue weighted by Crippen LogP contribution is -2.48. The first-order chi connectivity index (χ1) is 24.5. The molecule has 0 bridgehead atoms. The van der Waals surface area contributed by atoms with E-state index in [9.17, 15) is 19.8 Å². The van der Waals surface area contributed by atoms with Crippen LogP contribution in [0.5, 0.6) is 5.75 Å². The van der Waals surface area contributed by atoms with Gasteiger partial charge in [-0.05, 0) is 67.0 Å². The third kappa shape index (κ3) is 10.8. The highest BCUT2D eigenvalue weighted by Crippen LogP contribution is 2.37. The Bertz CT molecular complexity index is 1540. The molecule has 3 aromatic carbocycles. The van der Waals surface area contributed by atoms with Crippen LogP contribution in [0, 0.1) is 5.92 Å². The lowest BCUT2D eigenvalue weighted by molar-refractivity contribution is -0.137. The Labute approximate surface area is 302 Å². The smallest absolute Gasteiger partial charge is 0.407 e. The molecule has 0 unspecified atom stereocenters. The summed E-state index contributed by atoms with van der Waals surface area (Å²) >= 11 is 0. The van der Waals surface area contributed by atoms with Gasteiger partial charge in [0, 0.05) is 39.0 Å². The Morgan fingerprint density at radius 2 is 1.67 bits per heavy atom. The molecule has 3 aromatic rings. The van der Waals surface area contributed by atoms with Crippen molar-refractivity contribution >= 4 is 12.0 Å². The zero-order valence-corrected chi connectivity index (χ0v) is 30.5. The van der Waals surface area contributed by atoms with Gasteiger partial charge in [0.15, 0.2) is 0 Å². The number of carbonyl (C=O) groups excluding carboxylic acids is 2. The number of rotatable bonds is 16. The van der Waals surface area contributed by atoms with Gasteiger partial charge in [0.25, 0.3) is 0 Å². The molecule has 10 heteroatoms. The molecule has 5 rings (SSSR count). The van der Waals surface area contributed by atoms with Crippen molar-refractivity contribution < 1.29 is 34.0 Å². The van der Waals surface area contributed by atoms with Crippen molar-refractivity contribution in [3.8, 4) is 5.75 Å². The van der Waals surface area contributed by atoms with Gasteiger partial charge < -0.3 is 34.6 Å². The van der Waals surface area contributed by atoms with Crippen LogP contribution in [0.3, 0.4) is 0 Å². The number of aliphatic hydroxyl groups is 2. The molecule has 0 saturated carbocycles. The largest absolute Gasteiger partial charge is 0.492 e. The summed E-state index contributed by atoms with van der Waals surface area (Å²) in [6.45, 7) is 12.7. The van der Waals surface area contributed by atoms with E-state index in [2.05, 4.69) is 10.2 Å². The minimum absolute atomic E-state index is 0.0226. The first-order valence-electron chi connectivity index (χ1n) is 18.3. The van der Waals surface area contributed by atoms with Crippen molar-refractivity contribution in [1.29, 1.82) is 0 Å². The predicted octanol–water partition coefficient (Wildman–Crippen LogP) is 5.30. The van der Waals surface area contributed by atoms with Crippen LogP contribution < -0.4 is 10.1 Å². The maximum Gasteiger partial charge on any atom is 0.407 e. The van der Waals surface area contributed by atoms with Crippen LogP contribution in [0.1, 0.15) is 68.8 Å². The average Bonchev–Trinajstić information content (AvgIpc) is 3.45. The van der Waals surface area contributed by atoms with E-state index < -0.39 is 36.0 Å². The van der Waals surface area contributed by atoms with E-state index in [0.29, 0.717) is 19.4 Å².